The zero-order chi connectivity index (χ0) is 25.2. The van der Waals surface area contributed by atoms with E-state index in [2.05, 4.69) is 85.1 Å². The Hall–Kier alpha value is -0.940. The number of allylic oxidation sites excluding steroid dienone is 4. The Balaban J connectivity index is 0.000000326. The highest BCUT2D eigenvalue weighted by atomic mass is 15.3. The molecule has 2 saturated heterocycles. The molecular formula is C30H58N4. The molecule has 2 atom stereocenters. The SMILES string of the molecule is CC.CC(C)N1CCN(C(C)C2=CCC=CC=C2)CC1.CCC(CCNC)N1CCCCCC1. The number of hydrogen-bond donors (Lipinski definition) is 1. The zero-order valence-electron chi connectivity index (χ0n) is 23.9. The Morgan fingerprint density at radius 1 is 0.824 bits per heavy atom. The summed E-state index contributed by atoms with van der Waals surface area (Å²) in [7, 11) is 2.05. The van der Waals surface area contributed by atoms with Gasteiger partial charge in [0.05, 0.1) is 0 Å². The van der Waals surface area contributed by atoms with Gasteiger partial charge in [-0.15, -0.1) is 0 Å². The predicted molar refractivity (Wildman–Crippen MR) is 153 cm³/mol. The molecule has 2 heterocycles. The molecule has 0 amide bonds. The largest absolute Gasteiger partial charge is 0.320 e. The van der Waals surface area contributed by atoms with Gasteiger partial charge >= 0.3 is 0 Å². The second-order valence-electron chi connectivity index (χ2n) is 9.97. The van der Waals surface area contributed by atoms with E-state index >= 15 is 0 Å². The first kappa shape index (κ1) is 31.1. The molecule has 1 aliphatic carbocycles. The van der Waals surface area contributed by atoms with Gasteiger partial charge in [0.2, 0.25) is 0 Å². The summed E-state index contributed by atoms with van der Waals surface area (Å²) in [6.07, 6.45) is 20.6. The van der Waals surface area contributed by atoms with Gasteiger partial charge in [-0.25, -0.2) is 0 Å². The highest BCUT2D eigenvalue weighted by Gasteiger charge is 2.23. The summed E-state index contributed by atoms with van der Waals surface area (Å²) in [5.74, 6) is 0. The Kier molecular flexibility index (Phi) is 17.6. The van der Waals surface area contributed by atoms with E-state index in [-0.39, 0.29) is 0 Å². The van der Waals surface area contributed by atoms with Gasteiger partial charge in [0.1, 0.15) is 0 Å². The van der Waals surface area contributed by atoms with Crippen molar-refractivity contribution < 1.29 is 0 Å². The molecule has 0 spiro atoms. The van der Waals surface area contributed by atoms with E-state index in [1.807, 2.05) is 13.8 Å². The highest BCUT2D eigenvalue weighted by Crippen LogP contribution is 2.18. The summed E-state index contributed by atoms with van der Waals surface area (Å²) in [5, 5.41) is 3.26. The molecule has 2 fully saturated rings. The van der Waals surface area contributed by atoms with Gasteiger partial charge in [0.25, 0.3) is 0 Å². The van der Waals surface area contributed by atoms with Crippen molar-refractivity contribution in [2.45, 2.75) is 105 Å². The standard InChI is InChI=1S/C16H26N2.C12H26N2.C2H6/c1-14(2)17-10-12-18(13-11-17)15(3)16-8-6-4-5-7-9-16;1-3-12(8-9-13-2)14-10-6-4-5-7-11-14;1-2/h4-6,8-9,14-15H,7,10-13H2,1-3H3;12-13H,3-11H2,1-2H3;1-2H3. The fourth-order valence-corrected chi connectivity index (χ4v) is 5.17. The van der Waals surface area contributed by atoms with Crippen molar-refractivity contribution in [3.63, 3.8) is 0 Å². The first-order valence-corrected chi connectivity index (χ1v) is 14.5. The van der Waals surface area contributed by atoms with Gasteiger partial charge in [0.15, 0.2) is 0 Å². The lowest BCUT2D eigenvalue weighted by Crippen LogP contribution is -2.51. The van der Waals surface area contributed by atoms with Crippen LogP contribution in [0, 0.1) is 0 Å². The number of nitrogens with one attached hydrogen (secondary N) is 1. The van der Waals surface area contributed by atoms with Crippen LogP contribution in [-0.4, -0.2) is 85.7 Å². The number of likely N-dealkylation sites (tertiary alicyclic amines) is 1. The molecule has 2 aliphatic heterocycles. The molecule has 3 aliphatic rings. The van der Waals surface area contributed by atoms with Gasteiger partial charge in [-0.05, 0) is 85.1 Å². The average Bonchev–Trinajstić information content (AvgIpc) is 3.32. The number of piperazine rings is 1. The van der Waals surface area contributed by atoms with Crippen LogP contribution in [0.1, 0.15) is 86.5 Å². The van der Waals surface area contributed by atoms with Gasteiger partial charge in [-0.3, -0.25) is 9.80 Å². The summed E-state index contributed by atoms with van der Waals surface area (Å²) < 4.78 is 0. The van der Waals surface area contributed by atoms with E-state index in [0.717, 1.165) is 19.0 Å². The van der Waals surface area contributed by atoms with E-state index in [9.17, 15) is 0 Å². The second kappa shape index (κ2) is 19.3. The lowest BCUT2D eigenvalue weighted by molar-refractivity contribution is 0.0938. The monoisotopic (exact) mass is 474 g/mol. The molecule has 0 aromatic carbocycles. The smallest absolute Gasteiger partial charge is 0.0317 e. The van der Waals surface area contributed by atoms with E-state index in [4.69, 9.17) is 0 Å². The molecule has 0 radical (unpaired) electrons. The quantitative estimate of drug-likeness (QED) is 0.457. The summed E-state index contributed by atoms with van der Waals surface area (Å²) in [6, 6.07) is 2.06. The molecular weight excluding hydrogens is 416 g/mol. The van der Waals surface area contributed by atoms with Crippen LogP contribution in [0.4, 0.5) is 0 Å². The summed E-state index contributed by atoms with van der Waals surface area (Å²) in [5.41, 5.74) is 1.47. The Morgan fingerprint density at radius 2 is 1.44 bits per heavy atom. The minimum atomic E-state index is 0.551. The second-order valence-corrected chi connectivity index (χ2v) is 9.97. The molecule has 0 aromatic heterocycles. The van der Waals surface area contributed by atoms with Gasteiger partial charge in [0, 0.05) is 44.3 Å². The maximum Gasteiger partial charge on any atom is 0.0317 e. The van der Waals surface area contributed by atoms with E-state index < -0.39 is 0 Å². The van der Waals surface area contributed by atoms with Crippen LogP contribution in [0.15, 0.2) is 36.0 Å². The van der Waals surface area contributed by atoms with Crippen molar-refractivity contribution in [2.75, 3.05) is 52.9 Å². The molecule has 0 bridgehead atoms. The zero-order valence-corrected chi connectivity index (χ0v) is 23.9. The first-order valence-electron chi connectivity index (χ1n) is 14.5. The lowest BCUT2D eigenvalue weighted by atomic mass is 10.0. The summed E-state index contributed by atoms with van der Waals surface area (Å²) in [4.78, 5) is 7.90. The van der Waals surface area contributed by atoms with Crippen molar-refractivity contribution in [2.24, 2.45) is 0 Å². The molecule has 0 saturated carbocycles. The molecule has 4 nitrogen and oxygen atoms in total. The van der Waals surface area contributed by atoms with Crippen molar-refractivity contribution in [3.05, 3.63) is 36.0 Å². The molecule has 198 valence electrons. The minimum Gasteiger partial charge on any atom is -0.320 e. The van der Waals surface area contributed by atoms with Crippen LogP contribution in [0.3, 0.4) is 0 Å². The topological polar surface area (TPSA) is 21.8 Å². The van der Waals surface area contributed by atoms with Crippen molar-refractivity contribution in [1.29, 1.82) is 0 Å². The third-order valence-corrected chi connectivity index (χ3v) is 7.49. The normalized spacial score (nSPS) is 21.9. The Morgan fingerprint density at radius 3 is 2.00 bits per heavy atom. The summed E-state index contributed by atoms with van der Waals surface area (Å²) >= 11 is 0. The Labute approximate surface area is 213 Å². The number of rotatable bonds is 8. The van der Waals surface area contributed by atoms with Gasteiger partial charge in [-0.2, -0.15) is 0 Å². The summed E-state index contributed by atoms with van der Waals surface area (Å²) in [6.45, 7) is 21.9. The average molecular weight is 475 g/mol. The first-order chi connectivity index (χ1) is 16.6. The van der Waals surface area contributed by atoms with E-state index in [0.29, 0.717) is 12.1 Å². The fourth-order valence-electron chi connectivity index (χ4n) is 5.17. The lowest BCUT2D eigenvalue weighted by Gasteiger charge is -2.40. The third kappa shape index (κ3) is 11.7. The molecule has 1 N–H and O–H groups in total. The molecule has 34 heavy (non-hydrogen) atoms. The maximum absolute atomic E-state index is 3.26. The van der Waals surface area contributed by atoms with E-state index in [1.54, 1.807) is 0 Å². The Bertz CT molecular complexity index is 564. The third-order valence-electron chi connectivity index (χ3n) is 7.49. The van der Waals surface area contributed by atoms with Crippen LogP contribution in [0.2, 0.25) is 0 Å². The van der Waals surface area contributed by atoms with Gasteiger partial charge in [-0.1, -0.05) is 64.0 Å². The predicted octanol–water partition coefficient (Wildman–Crippen LogP) is 6.12. The maximum atomic E-state index is 3.26. The molecule has 3 rings (SSSR count). The minimum absolute atomic E-state index is 0.551. The molecule has 4 heteroatoms. The molecule has 0 aromatic rings. The van der Waals surface area contributed by atoms with Crippen LogP contribution in [0.5, 0.6) is 0 Å². The van der Waals surface area contributed by atoms with Crippen molar-refractivity contribution >= 4 is 0 Å². The van der Waals surface area contributed by atoms with Gasteiger partial charge < -0.3 is 10.2 Å². The fraction of sp³-hybridized carbons (Fsp3) is 0.800. The number of nitrogens with zero attached hydrogens (tertiary/aromatic N) is 3. The van der Waals surface area contributed by atoms with Crippen LogP contribution < -0.4 is 5.32 Å². The van der Waals surface area contributed by atoms with Crippen molar-refractivity contribution in [3.8, 4) is 0 Å². The van der Waals surface area contributed by atoms with E-state index in [1.165, 1.54) is 83.4 Å². The molecule has 2 unspecified atom stereocenters. The van der Waals surface area contributed by atoms with Crippen LogP contribution >= 0.6 is 0 Å². The number of hydrogen-bond acceptors (Lipinski definition) is 4. The van der Waals surface area contributed by atoms with Crippen LogP contribution in [-0.2, 0) is 0 Å². The highest BCUT2D eigenvalue weighted by molar-refractivity contribution is 5.30. The van der Waals surface area contributed by atoms with Crippen molar-refractivity contribution in [1.82, 2.24) is 20.0 Å². The van der Waals surface area contributed by atoms with Crippen LogP contribution in [0.25, 0.3) is 0 Å².